The molecule has 0 bridgehead atoms. The molecule has 4 nitrogen and oxygen atoms in total. The fraction of sp³-hybridized carbons (Fsp3) is 0.0909. The quantitative estimate of drug-likeness (QED) is 0.432. The molecule has 0 aliphatic carbocycles. The van der Waals surface area contributed by atoms with Crippen molar-refractivity contribution in [3.05, 3.63) is 94.5 Å². The van der Waals surface area contributed by atoms with Gasteiger partial charge in [-0.25, -0.2) is 0 Å². The van der Waals surface area contributed by atoms with E-state index in [4.69, 9.17) is 11.6 Å². The van der Waals surface area contributed by atoms with Gasteiger partial charge in [0.15, 0.2) is 5.82 Å². The second kappa shape index (κ2) is 7.84. The number of fused-ring (bicyclic) bond motifs is 1. The summed E-state index contributed by atoms with van der Waals surface area (Å²) in [5, 5.41) is 8.52. The lowest BCUT2D eigenvalue weighted by atomic mass is 10.1. The third kappa shape index (κ3) is 4.16. The van der Waals surface area contributed by atoms with E-state index in [9.17, 15) is 18.0 Å². The Balaban J connectivity index is 1.62. The lowest BCUT2D eigenvalue weighted by Crippen LogP contribution is -2.13. The van der Waals surface area contributed by atoms with Gasteiger partial charge in [-0.05, 0) is 54.1 Å². The van der Waals surface area contributed by atoms with E-state index < -0.39 is 11.7 Å². The number of para-hydroxylation sites is 1. The van der Waals surface area contributed by atoms with Crippen molar-refractivity contribution in [1.29, 1.82) is 0 Å². The van der Waals surface area contributed by atoms with Gasteiger partial charge in [0.2, 0.25) is 0 Å². The van der Waals surface area contributed by atoms with Crippen LogP contribution < -0.4 is 5.32 Å². The molecule has 3 aromatic carbocycles. The number of alkyl halides is 3. The lowest BCUT2D eigenvalue weighted by Gasteiger charge is -2.08. The molecule has 0 aliphatic rings. The molecule has 0 aliphatic heterocycles. The highest BCUT2D eigenvalue weighted by Gasteiger charge is 2.30. The Bertz CT molecular complexity index is 1200. The number of nitrogens with zero attached hydrogens (tertiary/aromatic N) is 2. The first-order valence-corrected chi connectivity index (χ1v) is 9.38. The SMILES string of the molecule is O=C(Nc1nn(Cc2ccc(C(F)(F)F)cc2)c2ccccc12)c1ccc(Cl)cc1. The van der Waals surface area contributed by atoms with Crippen LogP contribution in [0.3, 0.4) is 0 Å². The third-order valence-electron chi connectivity index (χ3n) is 4.61. The summed E-state index contributed by atoms with van der Waals surface area (Å²) in [6, 6.07) is 18.7. The normalized spacial score (nSPS) is 11.6. The van der Waals surface area contributed by atoms with Crippen LogP contribution >= 0.6 is 11.6 Å². The zero-order valence-corrected chi connectivity index (χ0v) is 16.2. The van der Waals surface area contributed by atoms with Crippen LogP contribution in [0.15, 0.2) is 72.8 Å². The van der Waals surface area contributed by atoms with Crippen molar-refractivity contribution in [1.82, 2.24) is 9.78 Å². The molecule has 0 unspecified atom stereocenters. The van der Waals surface area contributed by atoms with Crippen LogP contribution in [0.5, 0.6) is 0 Å². The van der Waals surface area contributed by atoms with Crippen molar-refractivity contribution in [3.63, 3.8) is 0 Å². The largest absolute Gasteiger partial charge is 0.416 e. The van der Waals surface area contributed by atoms with Crippen LogP contribution in [-0.2, 0) is 12.7 Å². The Labute approximate surface area is 174 Å². The summed E-state index contributed by atoms with van der Waals surface area (Å²) in [7, 11) is 0. The molecule has 1 heterocycles. The standard InChI is InChI=1S/C22H15ClF3N3O/c23-17-11-7-15(8-12-17)21(30)27-20-18-3-1-2-4-19(18)29(28-20)13-14-5-9-16(10-6-14)22(24,25)26/h1-12H,13H2,(H,27,28,30). The molecule has 0 saturated carbocycles. The van der Waals surface area contributed by atoms with Gasteiger partial charge < -0.3 is 5.32 Å². The summed E-state index contributed by atoms with van der Waals surface area (Å²) in [6.07, 6.45) is -4.38. The molecule has 0 fully saturated rings. The molecular weight excluding hydrogens is 415 g/mol. The van der Waals surface area contributed by atoms with Gasteiger partial charge in [0.25, 0.3) is 5.91 Å². The lowest BCUT2D eigenvalue weighted by molar-refractivity contribution is -0.137. The van der Waals surface area contributed by atoms with E-state index in [1.54, 1.807) is 28.9 Å². The smallest absolute Gasteiger partial charge is 0.305 e. The molecule has 1 aromatic heterocycles. The van der Waals surface area contributed by atoms with Crippen LogP contribution in [0.2, 0.25) is 5.02 Å². The van der Waals surface area contributed by atoms with Crippen LogP contribution in [-0.4, -0.2) is 15.7 Å². The Morgan fingerprint density at radius 1 is 0.967 bits per heavy atom. The van der Waals surface area contributed by atoms with Gasteiger partial charge in [-0.2, -0.15) is 18.3 Å². The minimum Gasteiger partial charge on any atom is -0.305 e. The van der Waals surface area contributed by atoms with Gasteiger partial charge in [0.05, 0.1) is 17.6 Å². The first-order chi connectivity index (χ1) is 14.3. The van der Waals surface area contributed by atoms with Gasteiger partial charge in [-0.3, -0.25) is 9.48 Å². The fourth-order valence-corrected chi connectivity index (χ4v) is 3.22. The summed E-state index contributed by atoms with van der Waals surface area (Å²) in [4.78, 5) is 12.6. The van der Waals surface area contributed by atoms with Crippen molar-refractivity contribution >= 4 is 34.2 Å². The molecule has 1 amide bonds. The zero-order chi connectivity index (χ0) is 21.3. The minimum absolute atomic E-state index is 0.259. The highest BCUT2D eigenvalue weighted by molar-refractivity contribution is 6.30. The van der Waals surface area contributed by atoms with Crippen LogP contribution in [0.4, 0.5) is 19.0 Å². The Morgan fingerprint density at radius 3 is 2.30 bits per heavy atom. The number of carbonyl (C=O) groups excluding carboxylic acids is 1. The minimum atomic E-state index is -4.38. The first kappa shape index (κ1) is 20.0. The zero-order valence-electron chi connectivity index (χ0n) is 15.4. The summed E-state index contributed by atoms with van der Waals surface area (Å²) < 4.78 is 40.0. The maximum absolute atomic E-state index is 12.8. The number of halogens is 4. The molecule has 152 valence electrons. The topological polar surface area (TPSA) is 46.9 Å². The molecular formula is C22H15ClF3N3O. The number of aromatic nitrogens is 2. The average Bonchev–Trinajstić information content (AvgIpc) is 3.05. The molecule has 0 saturated heterocycles. The number of carbonyl (C=O) groups is 1. The van der Waals surface area contributed by atoms with Crippen molar-refractivity contribution in [2.24, 2.45) is 0 Å². The summed E-state index contributed by atoms with van der Waals surface area (Å²) in [5.41, 5.74) is 1.14. The number of anilines is 1. The number of hydrogen-bond donors (Lipinski definition) is 1. The third-order valence-corrected chi connectivity index (χ3v) is 4.86. The van der Waals surface area contributed by atoms with E-state index in [-0.39, 0.29) is 12.5 Å². The second-order valence-corrected chi connectivity index (χ2v) is 7.12. The fourth-order valence-electron chi connectivity index (χ4n) is 3.09. The van der Waals surface area contributed by atoms with E-state index in [0.717, 1.165) is 23.0 Å². The van der Waals surface area contributed by atoms with E-state index >= 15 is 0 Å². The van der Waals surface area contributed by atoms with Gasteiger partial charge >= 0.3 is 6.18 Å². The summed E-state index contributed by atoms with van der Waals surface area (Å²) >= 11 is 5.86. The van der Waals surface area contributed by atoms with Crippen molar-refractivity contribution in [3.8, 4) is 0 Å². The molecule has 0 radical (unpaired) electrons. The number of amides is 1. The maximum Gasteiger partial charge on any atom is 0.416 e. The van der Waals surface area contributed by atoms with Crippen molar-refractivity contribution in [2.75, 3.05) is 5.32 Å². The number of nitrogens with one attached hydrogen (secondary N) is 1. The Hall–Kier alpha value is -3.32. The van der Waals surface area contributed by atoms with Crippen LogP contribution in [0.25, 0.3) is 10.9 Å². The van der Waals surface area contributed by atoms with Crippen LogP contribution in [0.1, 0.15) is 21.5 Å². The van der Waals surface area contributed by atoms with Crippen molar-refractivity contribution in [2.45, 2.75) is 12.7 Å². The molecule has 0 atom stereocenters. The highest BCUT2D eigenvalue weighted by Crippen LogP contribution is 2.30. The predicted molar refractivity (Wildman–Crippen MR) is 110 cm³/mol. The molecule has 4 rings (SSSR count). The van der Waals surface area contributed by atoms with E-state index in [1.165, 1.54) is 12.1 Å². The van der Waals surface area contributed by atoms with E-state index in [2.05, 4.69) is 10.4 Å². The molecule has 30 heavy (non-hydrogen) atoms. The average molecular weight is 430 g/mol. The number of benzene rings is 3. The second-order valence-electron chi connectivity index (χ2n) is 6.68. The highest BCUT2D eigenvalue weighted by atomic mass is 35.5. The summed E-state index contributed by atoms with van der Waals surface area (Å²) in [6.45, 7) is 0.259. The maximum atomic E-state index is 12.8. The van der Waals surface area contributed by atoms with Gasteiger partial charge in [-0.1, -0.05) is 35.9 Å². The Kier molecular flexibility index (Phi) is 5.22. The van der Waals surface area contributed by atoms with E-state index in [0.29, 0.717) is 22.0 Å². The van der Waals surface area contributed by atoms with E-state index in [1.807, 2.05) is 24.3 Å². The van der Waals surface area contributed by atoms with Gasteiger partial charge in [-0.15, -0.1) is 0 Å². The van der Waals surface area contributed by atoms with Crippen molar-refractivity contribution < 1.29 is 18.0 Å². The van der Waals surface area contributed by atoms with Gasteiger partial charge in [0, 0.05) is 16.0 Å². The first-order valence-electron chi connectivity index (χ1n) is 9.00. The summed E-state index contributed by atoms with van der Waals surface area (Å²) in [5.74, 6) is 0.0362. The predicted octanol–water partition coefficient (Wildman–Crippen LogP) is 6.01. The number of hydrogen-bond acceptors (Lipinski definition) is 2. The monoisotopic (exact) mass is 429 g/mol. The molecule has 0 spiro atoms. The Morgan fingerprint density at radius 2 is 1.63 bits per heavy atom. The van der Waals surface area contributed by atoms with Crippen LogP contribution in [0, 0.1) is 0 Å². The molecule has 8 heteroatoms. The van der Waals surface area contributed by atoms with Gasteiger partial charge in [0.1, 0.15) is 0 Å². The molecule has 1 N–H and O–H groups in total. The molecule has 4 aromatic rings. The number of rotatable bonds is 4.